The van der Waals surface area contributed by atoms with E-state index in [1.807, 2.05) is 6.07 Å². The molecule has 0 saturated carbocycles. The molecule has 0 radical (unpaired) electrons. The molecule has 2 aromatic carbocycles. The Morgan fingerprint density at radius 1 is 0.767 bits per heavy atom. The number of aromatic carboxylic acids is 2. The Hall–Kier alpha value is -1.92. The molecule has 2 aromatic rings. The van der Waals surface area contributed by atoms with E-state index in [-0.39, 0.29) is 0 Å². The first kappa shape index (κ1) is 26.1. The van der Waals surface area contributed by atoms with E-state index in [1.54, 1.807) is 59.9 Å². The van der Waals surface area contributed by atoms with Crippen molar-refractivity contribution < 1.29 is 19.8 Å². The summed E-state index contributed by atoms with van der Waals surface area (Å²) in [6.07, 6.45) is 2.26. The van der Waals surface area contributed by atoms with Crippen LogP contribution in [0.15, 0.2) is 58.3 Å². The Balaban J connectivity index is 0.000000414. The molecule has 4 nitrogen and oxygen atoms in total. The zero-order chi connectivity index (χ0) is 22.5. The summed E-state index contributed by atoms with van der Waals surface area (Å²) in [5.74, 6) is 1.63. The van der Waals surface area contributed by atoms with Gasteiger partial charge >= 0.3 is 11.9 Å². The normalized spacial score (nSPS) is 10.6. The third kappa shape index (κ3) is 10.2. The van der Waals surface area contributed by atoms with Crippen LogP contribution < -0.4 is 0 Å². The minimum atomic E-state index is -0.879. The van der Waals surface area contributed by atoms with Crippen LogP contribution in [0.2, 0.25) is 0 Å². The topological polar surface area (TPSA) is 74.6 Å². The van der Waals surface area contributed by atoms with Crippen molar-refractivity contribution in [3.05, 3.63) is 59.7 Å². The summed E-state index contributed by atoms with van der Waals surface area (Å²) in [4.78, 5) is 23.7. The van der Waals surface area contributed by atoms with Gasteiger partial charge in [0.25, 0.3) is 0 Å². The van der Waals surface area contributed by atoms with Crippen LogP contribution in [0.5, 0.6) is 0 Å². The third-order valence-corrected chi connectivity index (χ3v) is 6.51. The number of hydrogen-bond donors (Lipinski definition) is 2. The fourth-order valence-electron chi connectivity index (χ4n) is 2.33. The average Bonchev–Trinajstić information content (AvgIpc) is 2.69. The minimum Gasteiger partial charge on any atom is -0.478 e. The molecule has 0 atom stereocenters. The molecule has 0 aromatic heterocycles. The molecule has 30 heavy (non-hydrogen) atoms. The van der Waals surface area contributed by atoms with E-state index in [4.69, 9.17) is 5.11 Å². The van der Waals surface area contributed by atoms with E-state index in [1.165, 1.54) is 0 Å². The highest BCUT2D eigenvalue weighted by molar-refractivity contribution is 8.02. The zero-order valence-corrected chi connectivity index (χ0v) is 19.8. The molecule has 0 saturated heterocycles. The van der Waals surface area contributed by atoms with Crippen LogP contribution in [0, 0.1) is 11.8 Å². The lowest BCUT2D eigenvalue weighted by Gasteiger charge is -2.13. The van der Waals surface area contributed by atoms with Crippen molar-refractivity contribution in [2.24, 2.45) is 11.8 Å². The number of carbonyl (C=O) groups is 2. The second-order valence-electron chi connectivity index (χ2n) is 7.67. The lowest BCUT2D eigenvalue weighted by atomic mass is 10.2. The molecular formula is C24H32O4S2. The molecule has 0 aliphatic heterocycles. The molecule has 0 heterocycles. The molecule has 2 rings (SSSR count). The van der Waals surface area contributed by atoms with Gasteiger partial charge in [0.1, 0.15) is 0 Å². The summed E-state index contributed by atoms with van der Waals surface area (Å²) in [5, 5.41) is 17.8. The molecule has 0 amide bonds. The van der Waals surface area contributed by atoms with Gasteiger partial charge < -0.3 is 10.2 Å². The summed E-state index contributed by atoms with van der Waals surface area (Å²) in [5.41, 5.74) is 0.774. The van der Waals surface area contributed by atoms with Gasteiger partial charge in [-0.25, -0.2) is 9.59 Å². The number of carboxylic acids is 2. The number of hydrogen-bond acceptors (Lipinski definition) is 4. The maximum absolute atomic E-state index is 11.4. The van der Waals surface area contributed by atoms with Crippen LogP contribution in [0.1, 0.15) is 61.3 Å². The van der Waals surface area contributed by atoms with Crippen LogP contribution in [-0.2, 0) is 0 Å². The maximum atomic E-state index is 11.4. The van der Waals surface area contributed by atoms with Gasteiger partial charge in [0.2, 0.25) is 0 Å². The molecule has 0 bridgehead atoms. The molecule has 0 aliphatic rings. The summed E-state index contributed by atoms with van der Waals surface area (Å²) in [6, 6.07) is 13.9. The first-order valence-electron chi connectivity index (χ1n) is 10.1. The zero-order valence-electron chi connectivity index (χ0n) is 18.1. The van der Waals surface area contributed by atoms with Gasteiger partial charge in [0.15, 0.2) is 0 Å². The van der Waals surface area contributed by atoms with Crippen molar-refractivity contribution in [2.45, 2.75) is 50.3 Å². The fraction of sp³-hybridized carbons (Fsp3) is 0.417. The fourth-order valence-corrected chi connectivity index (χ4v) is 5.22. The highest BCUT2D eigenvalue weighted by Gasteiger charge is 2.15. The van der Waals surface area contributed by atoms with E-state index in [0.717, 1.165) is 34.1 Å². The largest absolute Gasteiger partial charge is 0.478 e. The Morgan fingerprint density at radius 2 is 1.33 bits per heavy atom. The second kappa shape index (κ2) is 14.1. The Kier molecular flexibility index (Phi) is 12.3. The first-order valence-corrected chi connectivity index (χ1v) is 12.1. The Bertz CT molecular complexity index is 789. The van der Waals surface area contributed by atoms with Crippen molar-refractivity contribution >= 4 is 35.5 Å². The van der Waals surface area contributed by atoms with Crippen LogP contribution in [0.3, 0.4) is 0 Å². The van der Waals surface area contributed by atoms with Crippen molar-refractivity contribution in [3.8, 4) is 0 Å². The quantitative estimate of drug-likeness (QED) is 0.379. The minimum absolute atomic E-state index is 0.331. The van der Waals surface area contributed by atoms with Crippen LogP contribution in [0.25, 0.3) is 0 Å². The monoisotopic (exact) mass is 448 g/mol. The smallest absolute Gasteiger partial charge is 0.336 e. The third-order valence-electron chi connectivity index (χ3n) is 4.12. The second-order valence-corrected chi connectivity index (χ2v) is 9.91. The molecule has 2 N–H and O–H groups in total. The number of carboxylic acid groups (broad SMARTS) is 2. The van der Waals surface area contributed by atoms with Crippen molar-refractivity contribution in [1.82, 2.24) is 0 Å². The molecule has 0 aliphatic carbocycles. The maximum Gasteiger partial charge on any atom is 0.336 e. The summed E-state index contributed by atoms with van der Waals surface area (Å²) in [6.45, 7) is 8.82. The van der Waals surface area contributed by atoms with Gasteiger partial charge in [-0.3, -0.25) is 0 Å². The van der Waals surface area contributed by atoms with Gasteiger partial charge in [-0.1, -0.05) is 52.0 Å². The van der Waals surface area contributed by atoms with Gasteiger partial charge in [0.05, 0.1) is 11.1 Å². The van der Waals surface area contributed by atoms with Crippen molar-refractivity contribution in [3.63, 3.8) is 0 Å². The lowest BCUT2D eigenvalue weighted by Crippen LogP contribution is -2.01. The van der Waals surface area contributed by atoms with Crippen LogP contribution in [-0.4, -0.2) is 33.7 Å². The molecule has 6 heteroatoms. The van der Waals surface area contributed by atoms with Crippen LogP contribution >= 0.6 is 23.5 Å². The van der Waals surface area contributed by atoms with E-state index >= 15 is 0 Å². The SMILES string of the molecule is CC(C)CCSc1cccc(C(=O)O)c1SCCC(C)C.O=C(O)c1ccccc1. The highest BCUT2D eigenvalue weighted by Crippen LogP contribution is 2.35. The Morgan fingerprint density at radius 3 is 1.80 bits per heavy atom. The lowest BCUT2D eigenvalue weighted by molar-refractivity contribution is 0.0683. The van der Waals surface area contributed by atoms with Crippen LogP contribution in [0.4, 0.5) is 0 Å². The Labute approximate surface area is 188 Å². The first-order chi connectivity index (χ1) is 14.2. The van der Waals surface area contributed by atoms with Gasteiger partial charge in [-0.05, 0) is 60.4 Å². The molecule has 0 unspecified atom stereocenters. The predicted molar refractivity (Wildman–Crippen MR) is 127 cm³/mol. The number of rotatable bonds is 10. The van der Waals surface area contributed by atoms with E-state index in [2.05, 4.69) is 33.8 Å². The van der Waals surface area contributed by atoms with Crippen molar-refractivity contribution in [2.75, 3.05) is 11.5 Å². The number of benzene rings is 2. The van der Waals surface area contributed by atoms with E-state index in [9.17, 15) is 14.7 Å². The van der Waals surface area contributed by atoms with E-state index in [0.29, 0.717) is 23.0 Å². The summed E-state index contributed by atoms with van der Waals surface area (Å²) >= 11 is 3.47. The average molecular weight is 449 g/mol. The predicted octanol–water partition coefficient (Wildman–Crippen LogP) is 7.05. The molecule has 164 valence electrons. The standard InChI is InChI=1S/C17H26O2S2.C7H6O2/c1-12(2)8-10-20-15-7-5-6-14(17(18)19)16(15)21-11-9-13(3)4;8-7(9)6-4-2-1-3-5-6/h5-7,12-13H,8-11H2,1-4H3,(H,18,19);1-5H,(H,8,9). The molecular weight excluding hydrogens is 416 g/mol. The van der Waals surface area contributed by atoms with E-state index < -0.39 is 11.9 Å². The highest BCUT2D eigenvalue weighted by atomic mass is 32.2. The van der Waals surface area contributed by atoms with Gasteiger partial charge in [0, 0.05) is 9.79 Å². The molecule has 0 spiro atoms. The van der Waals surface area contributed by atoms with Gasteiger partial charge in [-0.2, -0.15) is 0 Å². The number of thioether (sulfide) groups is 2. The summed E-state index contributed by atoms with van der Waals surface area (Å²) in [7, 11) is 0. The van der Waals surface area contributed by atoms with Crippen molar-refractivity contribution in [1.29, 1.82) is 0 Å². The van der Waals surface area contributed by atoms with Gasteiger partial charge in [-0.15, -0.1) is 23.5 Å². The molecule has 0 fully saturated rings. The summed E-state index contributed by atoms with van der Waals surface area (Å²) < 4.78 is 0.